The zero-order chi connectivity index (χ0) is 14.2. The molecule has 0 spiro atoms. The van der Waals surface area contributed by atoms with E-state index < -0.39 is 0 Å². The van der Waals surface area contributed by atoms with Gasteiger partial charge in [-0.1, -0.05) is 39.7 Å². The van der Waals surface area contributed by atoms with Crippen LogP contribution in [0.1, 0.15) is 28.3 Å². The zero-order valence-corrected chi connectivity index (χ0v) is 13.0. The highest BCUT2D eigenvalue weighted by Gasteiger charge is 2.16. The molecule has 1 nitrogen and oxygen atoms in total. The van der Waals surface area contributed by atoms with E-state index in [1.807, 2.05) is 26.0 Å². The van der Waals surface area contributed by atoms with E-state index in [0.29, 0.717) is 4.47 Å². The third-order valence-corrected chi connectivity index (χ3v) is 4.27. The van der Waals surface area contributed by atoms with Crippen LogP contribution in [-0.4, -0.2) is 0 Å². The predicted molar refractivity (Wildman–Crippen MR) is 81.1 cm³/mol. The van der Waals surface area contributed by atoms with Gasteiger partial charge in [-0.05, 0) is 54.3 Å². The van der Waals surface area contributed by atoms with Crippen LogP contribution in [0.3, 0.4) is 0 Å². The van der Waals surface area contributed by atoms with Crippen molar-refractivity contribution >= 4 is 27.5 Å². The molecule has 2 rings (SSSR count). The van der Waals surface area contributed by atoms with Crippen LogP contribution >= 0.6 is 27.5 Å². The van der Waals surface area contributed by atoms with E-state index >= 15 is 0 Å². The van der Waals surface area contributed by atoms with Gasteiger partial charge in [0, 0.05) is 9.50 Å². The van der Waals surface area contributed by atoms with Crippen molar-refractivity contribution in [3.63, 3.8) is 0 Å². The lowest BCUT2D eigenvalue weighted by atomic mass is 9.94. The molecule has 2 aromatic carbocycles. The summed E-state index contributed by atoms with van der Waals surface area (Å²) in [5.74, 6) is -0.285. The quantitative estimate of drug-likeness (QED) is 0.825. The molecule has 0 saturated carbocycles. The maximum absolute atomic E-state index is 13.1. The topological polar surface area (TPSA) is 26.0 Å². The van der Waals surface area contributed by atoms with Crippen molar-refractivity contribution in [2.75, 3.05) is 0 Å². The summed E-state index contributed by atoms with van der Waals surface area (Å²) in [5, 5.41) is 0.728. The van der Waals surface area contributed by atoms with E-state index in [-0.39, 0.29) is 11.9 Å². The van der Waals surface area contributed by atoms with Crippen LogP contribution in [0.5, 0.6) is 0 Å². The molecule has 2 aromatic rings. The smallest absolute Gasteiger partial charge is 0.124 e. The van der Waals surface area contributed by atoms with Crippen molar-refractivity contribution in [3.8, 4) is 0 Å². The van der Waals surface area contributed by atoms with Gasteiger partial charge in [-0.3, -0.25) is 0 Å². The Bertz CT molecular complexity index is 628. The van der Waals surface area contributed by atoms with Gasteiger partial charge in [-0.15, -0.1) is 0 Å². The minimum absolute atomic E-state index is 0.285. The molecule has 0 fully saturated rings. The van der Waals surface area contributed by atoms with Gasteiger partial charge < -0.3 is 5.73 Å². The largest absolute Gasteiger partial charge is 0.320 e. The number of nitrogens with two attached hydrogens (primary N) is 1. The molecular weight excluding hydrogens is 329 g/mol. The highest BCUT2D eigenvalue weighted by molar-refractivity contribution is 9.10. The van der Waals surface area contributed by atoms with Crippen LogP contribution in [0.4, 0.5) is 4.39 Å². The van der Waals surface area contributed by atoms with Crippen molar-refractivity contribution in [1.29, 1.82) is 0 Å². The Morgan fingerprint density at radius 1 is 1.11 bits per heavy atom. The minimum atomic E-state index is -0.314. The van der Waals surface area contributed by atoms with Crippen molar-refractivity contribution in [3.05, 3.63) is 67.9 Å². The normalized spacial score (nSPS) is 12.5. The first-order valence-electron chi connectivity index (χ1n) is 5.87. The molecule has 0 saturated heterocycles. The maximum Gasteiger partial charge on any atom is 0.124 e. The molecule has 100 valence electrons. The van der Waals surface area contributed by atoms with E-state index in [4.69, 9.17) is 17.3 Å². The van der Waals surface area contributed by atoms with Crippen molar-refractivity contribution in [1.82, 2.24) is 0 Å². The maximum atomic E-state index is 13.1. The fraction of sp³-hybridized carbons (Fsp3) is 0.200. The Kier molecular flexibility index (Phi) is 4.29. The van der Waals surface area contributed by atoms with Crippen LogP contribution in [0, 0.1) is 19.7 Å². The Labute approximate surface area is 125 Å². The van der Waals surface area contributed by atoms with Gasteiger partial charge in [-0.25, -0.2) is 4.39 Å². The molecule has 1 unspecified atom stereocenters. The van der Waals surface area contributed by atoms with Crippen LogP contribution in [0.2, 0.25) is 5.02 Å². The van der Waals surface area contributed by atoms with Crippen molar-refractivity contribution < 1.29 is 4.39 Å². The summed E-state index contributed by atoms with van der Waals surface area (Å²) in [5.41, 5.74) is 10.1. The monoisotopic (exact) mass is 341 g/mol. The Balaban J connectivity index is 2.49. The molecule has 0 aliphatic heterocycles. The minimum Gasteiger partial charge on any atom is -0.320 e. The number of hydrogen-bond acceptors (Lipinski definition) is 1. The second-order valence-electron chi connectivity index (χ2n) is 4.60. The molecule has 0 bridgehead atoms. The average molecular weight is 343 g/mol. The van der Waals surface area contributed by atoms with Gasteiger partial charge in [0.15, 0.2) is 0 Å². The summed E-state index contributed by atoms with van der Waals surface area (Å²) in [6.07, 6.45) is 0. The molecule has 0 heterocycles. The number of aryl methyl sites for hydroxylation is 2. The van der Waals surface area contributed by atoms with Gasteiger partial charge in [0.05, 0.1) is 6.04 Å². The van der Waals surface area contributed by atoms with Gasteiger partial charge in [-0.2, -0.15) is 0 Å². The standard InChI is InChI=1S/C15H14BrClFN/c1-8-6-14(17)9(2)5-12(8)15(19)11-4-3-10(18)7-13(11)16/h3-7,15H,19H2,1-2H3. The van der Waals surface area contributed by atoms with Gasteiger partial charge >= 0.3 is 0 Å². The molecule has 19 heavy (non-hydrogen) atoms. The summed E-state index contributed by atoms with van der Waals surface area (Å²) in [4.78, 5) is 0. The summed E-state index contributed by atoms with van der Waals surface area (Å²) in [7, 11) is 0. The first-order chi connectivity index (χ1) is 8.90. The highest BCUT2D eigenvalue weighted by atomic mass is 79.9. The van der Waals surface area contributed by atoms with Crippen LogP contribution in [0.15, 0.2) is 34.8 Å². The van der Waals surface area contributed by atoms with Crippen LogP contribution in [0.25, 0.3) is 0 Å². The first kappa shape index (κ1) is 14.5. The Hall–Kier alpha value is -0.900. The molecular formula is C15H14BrClFN. The van der Waals surface area contributed by atoms with Gasteiger partial charge in [0.2, 0.25) is 0 Å². The fourth-order valence-electron chi connectivity index (χ4n) is 2.06. The van der Waals surface area contributed by atoms with E-state index in [1.165, 1.54) is 12.1 Å². The third kappa shape index (κ3) is 2.99. The summed E-state index contributed by atoms with van der Waals surface area (Å²) < 4.78 is 13.8. The molecule has 1 atom stereocenters. The lowest BCUT2D eigenvalue weighted by molar-refractivity contribution is 0.625. The molecule has 0 aromatic heterocycles. The molecule has 2 N–H and O–H groups in total. The summed E-state index contributed by atoms with van der Waals surface area (Å²) in [6.45, 7) is 3.91. The number of halogens is 3. The average Bonchev–Trinajstić information content (AvgIpc) is 2.33. The highest BCUT2D eigenvalue weighted by Crippen LogP contribution is 2.31. The van der Waals surface area contributed by atoms with Crippen molar-refractivity contribution in [2.24, 2.45) is 5.73 Å². The SMILES string of the molecule is Cc1cc(C(N)c2ccc(F)cc2Br)c(C)cc1Cl. The van der Waals surface area contributed by atoms with E-state index in [1.54, 1.807) is 6.07 Å². The summed E-state index contributed by atoms with van der Waals surface area (Å²) >= 11 is 9.45. The predicted octanol–water partition coefficient (Wildman–Crippen LogP) is 4.91. The van der Waals surface area contributed by atoms with E-state index in [9.17, 15) is 4.39 Å². The Morgan fingerprint density at radius 2 is 1.79 bits per heavy atom. The fourth-order valence-corrected chi connectivity index (χ4v) is 2.88. The van der Waals surface area contributed by atoms with Gasteiger partial charge in [0.25, 0.3) is 0 Å². The van der Waals surface area contributed by atoms with Crippen LogP contribution in [-0.2, 0) is 0 Å². The molecule has 0 radical (unpaired) electrons. The first-order valence-corrected chi connectivity index (χ1v) is 7.04. The zero-order valence-electron chi connectivity index (χ0n) is 10.7. The van der Waals surface area contributed by atoms with E-state index in [0.717, 1.165) is 27.3 Å². The molecule has 0 aliphatic carbocycles. The Morgan fingerprint density at radius 3 is 2.42 bits per heavy atom. The third-order valence-electron chi connectivity index (χ3n) is 3.18. The second-order valence-corrected chi connectivity index (χ2v) is 5.86. The number of rotatable bonds is 2. The van der Waals surface area contributed by atoms with Gasteiger partial charge in [0.1, 0.15) is 5.82 Å². The van der Waals surface area contributed by atoms with Crippen molar-refractivity contribution in [2.45, 2.75) is 19.9 Å². The number of hydrogen-bond donors (Lipinski definition) is 1. The lowest BCUT2D eigenvalue weighted by Gasteiger charge is -2.18. The molecule has 4 heteroatoms. The molecule has 0 amide bonds. The summed E-state index contributed by atoms with van der Waals surface area (Å²) in [6, 6.07) is 8.12. The second kappa shape index (κ2) is 5.61. The van der Waals surface area contributed by atoms with Crippen LogP contribution < -0.4 is 5.73 Å². The molecule has 0 aliphatic rings. The van der Waals surface area contributed by atoms with E-state index in [2.05, 4.69) is 15.9 Å². The lowest BCUT2D eigenvalue weighted by Crippen LogP contribution is -2.14. The number of benzene rings is 2.